The third kappa shape index (κ3) is 4.39. The van der Waals surface area contributed by atoms with Crippen molar-refractivity contribution in [3.63, 3.8) is 0 Å². The molecule has 154 valence electrons. The summed E-state index contributed by atoms with van der Waals surface area (Å²) >= 11 is 0. The molecule has 29 heavy (non-hydrogen) atoms. The van der Waals surface area contributed by atoms with Crippen LogP contribution in [-0.2, 0) is 4.79 Å². The highest BCUT2D eigenvalue weighted by molar-refractivity contribution is 5.96. The number of furan rings is 1. The van der Waals surface area contributed by atoms with Gasteiger partial charge < -0.3 is 14.6 Å². The van der Waals surface area contributed by atoms with E-state index < -0.39 is 6.04 Å². The molecular weight excluding hydrogens is 364 g/mol. The summed E-state index contributed by atoms with van der Waals surface area (Å²) < 4.78 is 5.43. The van der Waals surface area contributed by atoms with E-state index in [2.05, 4.69) is 5.32 Å². The van der Waals surface area contributed by atoms with Gasteiger partial charge in [-0.15, -0.1) is 0 Å². The predicted octanol–water partition coefficient (Wildman–Crippen LogP) is 4.77. The zero-order valence-corrected chi connectivity index (χ0v) is 17.1. The third-order valence-corrected chi connectivity index (χ3v) is 6.31. The number of aryl methyl sites for hydroxylation is 1. The second kappa shape index (κ2) is 8.85. The zero-order valence-electron chi connectivity index (χ0n) is 17.1. The number of rotatable bonds is 6. The van der Waals surface area contributed by atoms with E-state index in [4.69, 9.17) is 4.42 Å². The Kier molecular flexibility index (Phi) is 6.02. The van der Waals surface area contributed by atoms with Crippen LogP contribution >= 0.6 is 0 Å². The first kappa shape index (κ1) is 19.7. The SMILES string of the molecule is Cc1ccc(C(C(=O)NC2CCCC2)N(C(=O)c2ccco2)C2CCCC2)cc1. The zero-order chi connectivity index (χ0) is 20.2. The Morgan fingerprint density at radius 3 is 2.28 bits per heavy atom. The topological polar surface area (TPSA) is 62.6 Å². The summed E-state index contributed by atoms with van der Waals surface area (Å²) in [4.78, 5) is 28.8. The molecule has 2 aromatic rings. The van der Waals surface area contributed by atoms with E-state index in [1.807, 2.05) is 31.2 Å². The van der Waals surface area contributed by atoms with Crippen molar-refractivity contribution in [2.24, 2.45) is 0 Å². The average Bonchev–Trinajstić information content (AvgIpc) is 3.49. The van der Waals surface area contributed by atoms with E-state index in [0.717, 1.165) is 62.5 Å². The molecule has 1 N–H and O–H groups in total. The molecule has 4 rings (SSSR count). The van der Waals surface area contributed by atoms with Crippen LogP contribution in [0, 0.1) is 6.92 Å². The van der Waals surface area contributed by atoms with Gasteiger partial charge in [-0.1, -0.05) is 55.5 Å². The normalized spacial score (nSPS) is 18.7. The van der Waals surface area contributed by atoms with Gasteiger partial charge in [0.1, 0.15) is 6.04 Å². The van der Waals surface area contributed by atoms with Crippen molar-refractivity contribution in [2.45, 2.75) is 76.4 Å². The van der Waals surface area contributed by atoms with Gasteiger partial charge in [-0.25, -0.2) is 0 Å². The lowest BCUT2D eigenvalue weighted by Crippen LogP contribution is -2.49. The molecule has 0 saturated heterocycles. The van der Waals surface area contributed by atoms with Crippen molar-refractivity contribution < 1.29 is 14.0 Å². The minimum Gasteiger partial charge on any atom is -0.459 e. The quantitative estimate of drug-likeness (QED) is 0.767. The molecule has 2 saturated carbocycles. The van der Waals surface area contributed by atoms with E-state index >= 15 is 0 Å². The average molecular weight is 395 g/mol. The summed E-state index contributed by atoms with van der Waals surface area (Å²) in [6, 6.07) is 11.0. The Morgan fingerprint density at radius 2 is 1.66 bits per heavy atom. The minimum atomic E-state index is -0.642. The fraction of sp³-hybridized carbons (Fsp3) is 0.500. The Hall–Kier alpha value is -2.56. The number of nitrogens with one attached hydrogen (secondary N) is 1. The highest BCUT2D eigenvalue weighted by atomic mass is 16.3. The molecule has 2 amide bonds. The lowest BCUT2D eigenvalue weighted by Gasteiger charge is -2.36. The van der Waals surface area contributed by atoms with E-state index in [0.29, 0.717) is 5.76 Å². The van der Waals surface area contributed by atoms with Gasteiger partial charge in [0.2, 0.25) is 5.91 Å². The van der Waals surface area contributed by atoms with Gasteiger partial charge in [0, 0.05) is 12.1 Å². The molecule has 2 fully saturated rings. The highest BCUT2D eigenvalue weighted by Crippen LogP contribution is 2.34. The van der Waals surface area contributed by atoms with Crippen molar-refractivity contribution in [2.75, 3.05) is 0 Å². The first-order valence-electron chi connectivity index (χ1n) is 10.9. The predicted molar refractivity (Wildman–Crippen MR) is 111 cm³/mol. The van der Waals surface area contributed by atoms with Crippen LogP contribution in [0.4, 0.5) is 0 Å². The second-order valence-corrected chi connectivity index (χ2v) is 8.43. The van der Waals surface area contributed by atoms with Gasteiger partial charge in [0.05, 0.1) is 6.26 Å². The van der Waals surface area contributed by atoms with Crippen LogP contribution in [0.1, 0.15) is 79.1 Å². The van der Waals surface area contributed by atoms with Crippen molar-refractivity contribution in [3.8, 4) is 0 Å². The first-order chi connectivity index (χ1) is 14.1. The molecule has 0 bridgehead atoms. The molecule has 5 heteroatoms. The largest absolute Gasteiger partial charge is 0.459 e. The summed E-state index contributed by atoms with van der Waals surface area (Å²) in [5.41, 5.74) is 1.99. The lowest BCUT2D eigenvalue weighted by molar-refractivity contribution is -0.127. The number of benzene rings is 1. The smallest absolute Gasteiger partial charge is 0.290 e. The molecule has 1 heterocycles. The number of amides is 2. The van der Waals surface area contributed by atoms with Crippen LogP contribution in [0.3, 0.4) is 0 Å². The standard InChI is InChI=1S/C24H30N2O3/c1-17-12-14-18(15-13-17)22(23(27)25-19-7-2-3-8-19)26(20-9-4-5-10-20)24(28)21-11-6-16-29-21/h6,11-16,19-20,22H,2-5,7-10H2,1H3,(H,25,27). The summed E-state index contributed by atoms with van der Waals surface area (Å²) in [6.45, 7) is 2.03. The van der Waals surface area contributed by atoms with Crippen LogP contribution in [-0.4, -0.2) is 28.8 Å². The van der Waals surface area contributed by atoms with Gasteiger partial charge in [0.15, 0.2) is 5.76 Å². The molecular formula is C24H30N2O3. The second-order valence-electron chi connectivity index (χ2n) is 8.43. The maximum Gasteiger partial charge on any atom is 0.290 e. The molecule has 1 atom stereocenters. The lowest BCUT2D eigenvalue weighted by atomic mass is 9.99. The van der Waals surface area contributed by atoms with Gasteiger partial charge in [-0.2, -0.15) is 0 Å². The molecule has 1 aromatic carbocycles. The summed E-state index contributed by atoms with van der Waals surface area (Å²) in [5, 5.41) is 3.23. The number of nitrogens with zero attached hydrogens (tertiary/aromatic N) is 1. The van der Waals surface area contributed by atoms with Gasteiger partial charge in [-0.05, 0) is 50.3 Å². The number of carbonyl (C=O) groups is 2. The van der Waals surface area contributed by atoms with Crippen molar-refractivity contribution >= 4 is 11.8 Å². The molecule has 2 aliphatic rings. The van der Waals surface area contributed by atoms with Crippen molar-refractivity contribution in [3.05, 3.63) is 59.5 Å². The van der Waals surface area contributed by atoms with E-state index in [9.17, 15) is 9.59 Å². The van der Waals surface area contributed by atoms with Crippen LogP contribution in [0.5, 0.6) is 0 Å². The molecule has 2 aliphatic carbocycles. The fourth-order valence-electron chi connectivity index (χ4n) is 4.74. The molecule has 5 nitrogen and oxygen atoms in total. The van der Waals surface area contributed by atoms with Crippen LogP contribution in [0.25, 0.3) is 0 Å². The minimum absolute atomic E-state index is 0.0493. The van der Waals surface area contributed by atoms with Crippen LogP contribution < -0.4 is 5.32 Å². The molecule has 0 radical (unpaired) electrons. The van der Waals surface area contributed by atoms with Crippen molar-refractivity contribution in [1.82, 2.24) is 10.2 Å². The van der Waals surface area contributed by atoms with Gasteiger partial charge in [0.25, 0.3) is 5.91 Å². The maximum atomic E-state index is 13.5. The Balaban J connectivity index is 1.71. The van der Waals surface area contributed by atoms with Gasteiger partial charge in [-0.3, -0.25) is 9.59 Å². The summed E-state index contributed by atoms with van der Waals surface area (Å²) in [6.07, 6.45) is 9.85. The number of hydrogen-bond acceptors (Lipinski definition) is 3. The van der Waals surface area contributed by atoms with Gasteiger partial charge >= 0.3 is 0 Å². The highest BCUT2D eigenvalue weighted by Gasteiger charge is 2.39. The molecule has 0 spiro atoms. The third-order valence-electron chi connectivity index (χ3n) is 6.31. The Bertz CT molecular complexity index is 816. The van der Waals surface area contributed by atoms with E-state index in [-0.39, 0.29) is 23.9 Å². The summed E-state index contributed by atoms with van der Waals surface area (Å²) in [5.74, 6) is 0.0179. The Morgan fingerprint density at radius 1 is 1.00 bits per heavy atom. The molecule has 1 unspecified atom stereocenters. The monoisotopic (exact) mass is 394 g/mol. The maximum absolute atomic E-state index is 13.5. The van der Waals surface area contributed by atoms with E-state index in [1.165, 1.54) is 6.26 Å². The fourth-order valence-corrected chi connectivity index (χ4v) is 4.74. The van der Waals surface area contributed by atoms with Crippen LogP contribution in [0.15, 0.2) is 47.1 Å². The number of hydrogen-bond donors (Lipinski definition) is 1. The summed E-state index contributed by atoms with van der Waals surface area (Å²) in [7, 11) is 0. The van der Waals surface area contributed by atoms with E-state index in [1.54, 1.807) is 17.0 Å². The molecule has 0 aliphatic heterocycles. The Labute approximate surface area is 172 Å². The molecule has 1 aromatic heterocycles. The number of carbonyl (C=O) groups excluding carboxylic acids is 2. The first-order valence-corrected chi connectivity index (χ1v) is 10.9. The van der Waals surface area contributed by atoms with Crippen LogP contribution in [0.2, 0.25) is 0 Å². The van der Waals surface area contributed by atoms with Crippen molar-refractivity contribution in [1.29, 1.82) is 0 Å².